The summed E-state index contributed by atoms with van der Waals surface area (Å²) in [7, 11) is 0. The van der Waals surface area contributed by atoms with Crippen LogP contribution >= 0.6 is 11.6 Å². The SMILES string of the molecule is O=C(NC(CN1CCCC1)C(O)c1ccc(OCC(F)(F)F)nc1)C1CCN(c2ccc(Cl)cc2)C1. The van der Waals surface area contributed by atoms with Gasteiger partial charge in [0.05, 0.1) is 12.0 Å². The quantitative estimate of drug-likeness (QED) is 0.517. The molecule has 3 unspecified atom stereocenters. The molecule has 0 bridgehead atoms. The molecule has 2 fully saturated rings. The van der Waals surface area contributed by atoms with Crippen LogP contribution in [0.4, 0.5) is 18.9 Å². The van der Waals surface area contributed by atoms with Crippen LogP contribution in [0.5, 0.6) is 5.88 Å². The summed E-state index contributed by atoms with van der Waals surface area (Å²) >= 11 is 5.98. The number of alkyl halides is 3. The van der Waals surface area contributed by atoms with Gasteiger partial charge in [-0.25, -0.2) is 4.98 Å². The standard InChI is InChI=1S/C25H30ClF3N4O3/c26-19-4-6-20(7-5-19)33-12-9-18(14-33)24(35)31-21(15-32-10-1-2-11-32)23(34)17-3-8-22(30-13-17)36-16-25(27,28)29/h3-8,13,18,21,23,34H,1-2,9-12,14-16H2,(H,31,35). The maximum absolute atomic E-state index is 13.2. The summed E-state index contributed by atoms with van der Waals surface area (Å²) in [6.45, 7) is 2.09. The van der Waals surface area contributed by atoms with Crippen molar-refractivity contribution in [2.24, 2.45) is 5.92 Å². The van der Waals surface area contributed by atoms with Crippen molar-refractivity contribution >= 4 is 23.2 Å². The maximum Gasteiger partial charge on any atom is 0.422 e. The lowest BCUT2D eigenvalue weighted by atomic mass is 10.0. The lowest BCUT2D eigenvalue weighted by molar-refractivity contribution is -0.154. The molecule has 2 N–H and O–H groups in total. The molecule has 2 aromatic rings. The third-order valence-corrected chi connectivity index (χ3v) is 6.85. The summed E-state index contributed by atoms with van der Waals surface area (Å²) in [5.41, 5.74) is 1.40. The molecule has 196 valence electrons. The average molecular weight is 527 g/mol. The van der Waals surface area contributed by atoms with E-state index in [1.165, 1.54) is 18.3 Å². The number of aromatic nitrogens is 1. The molecule has 2 saturated heterocycles. The van der Waals surface area contributed by atoms with Crippen LogP contribution in [-0.2, 0) is 4.79 Å². The van der Waals surface area contributed by atoms with E-state index in [9.17, 15) is 23.1 Å². The van der Waals surface area contributed by atoms with Crippen LogP contribution < -0.4 is 15.0 Å². The van der Waals surface area contributed by atoms with E-state index in [0.29, 0.717) is 30.1 Å². The molecule has 2 aliphatic heterocycles. The predicted octanol–water partition coefficient (Wildman–Crippen LogP) is 3.82. The molecule has 0 radical (unpaired) electrons. The van der Waals surface area contributed by atoms with Crippen molar-refractivity contribution in [2.45, 2.75) is 37.6 Å². The Hall–Kier alpha value is -2.56. The molecule has 4 rings (SSSR count). The Balaban J connectivity index is 1.40. The average Bonchev–Trinajstić information content (AvgIpc) is 3.55. The van der Waals surface area contributed by atoms with Crippen molar-refractivity contribution in [1.29, 1.82) is 0 Å². The number of aliphatic hydroxyl groups excluding tert-OH is 1. The monoisotopic (exact) mass is 526 g/mol. The van der Waals surface area contributed by atoms with E-state index >= 15 is 0 Å². The second-order valence-electron chi connectivity index (χ2n) is 9.31. The zero-order chi connectivity index (χ0) is 25.7. The van der Waals surface area contributed by atoms with Crippen molar-refractivity contribution in [3.8, 4) is 5.88 Å². The van der Waals surface area contributed by atoms with E-state index in [1.807, 2.05) is 24.3 Å². The van der Waals surface area contributed by atoms with Gasteiger partial charge in [-0.3, -0.25) is 4.79 Å². The fourth-order valence-corrected chi connectivity index (χ4v) is 4.80. The Labute approximate surface area is 213 Å². The number of benzene rings is 1. The normalized spacial score (nSPS) is 20.4. The molecular weight excluding hydrogens is 497 g/mol. The Morgan fingerprint density at radius 3 is 2.53 bits per heavy atom. The molecular formula is C25H30ClF3N4O3. The number of likely N-dealkylation sites (tertiary alicyclic amines) is 1. The highest BCUT2D eigenvalue weighted by Crippen LogP contribution is 2.27. The minimum atomic E-state index is -4.46. The first-order chi connectivity index (χ1) is 17.2. The number of halogens is 4. The topological polar surface area (TPSA) is 77.9 Å². The molecule has 1 amide bonds. The van der Waals surface area contributed by atoms with Crippen LogP contribution in [0.15, 0.2) is 42.6 Å². The zero-order valence-corrected chi connectivity index (χ0v) is 20.5. The van der Waals surface area contributed by atoms with Gasteiger partial charge in [-0.2, -0.15) is 13.2 Å². The van der Waals surface area contributed by atoms with Crippen LogP contribution in [0.25, 0.3) is 0 Å². The van der Waals surface area contributed by atoms with Crippen molar-refractivity contribution in [2.75, 3.05) is 44.2 Å². The number of amides is 1. The van der Waals surface area contributed by atoms with E-state index in [2.05, 4.69) is 24.8 Å². The summed E-state index contributed by atoms with van der Waals surface area (Å²) < 4.78 is 41.8. The first-order valence-electron chi connectivity index (χ1n) is 12.0. The van der Waals surface area contributed by atoms with E-state index in [1.54, 1.807) is 0 Å². The molecule has 11 heteroatoms. The predicted molar refractivity (Wildman–Crippen MR) is 130 cm³/mol. The van der Waals surface area contributed by atoms with Gasteiger partial charge in [-0.05, 0) is 62.7 Å². The number of hydrogen-bond donors (Lipinski definition) is 2. The first-order valence-corrected chi connectivity index (χ1v) is 12.4. The molecule has 3 heterocycles. The minimum absolute atomic E-state index is 0.132. The second-order valence-corrected chi connectivity index (χ2v) is 9.75. The van der Waals surface area contributed by atoms with E-state index in [4.69, 9.17) is 11.6 Å². The summed E-state index contributed by atoms with van der Waals surface area (Å²) in [5, 5.41) is 14.8. The third kappa shape index (κ3) is 7.24. The van der Waals surface area contributed by atoms with Crippen molar-refractivity contribution < 1.29 is 27.8 Å². The van der Waals surface area contributed by atoms with Gasteiger partial charge in [0, 0.05) is 48.2 Å². The van der Waals surface area contributed by atoms with Gasteiger partial charge in [0.2, 0.25) is 11.8 Å². The van der Waals surface area contributed by atoms with Crippen LogP contribution in [0.3, 0.4) is 0 Å². The van der Waals surface area contributed by atoms with Crippen molar-refractivity contribution in [3.63, 3.8) is 0 Å². The van der Waals surface area contributed by atoms with Gasteiger partial charge >= 0.3 is 6.18 Å². The highest BCUT2D eigenvalue weighted by Gasteiger charge is 2.33. The number of carbonyl (C=O) groups is 1. The molecule has 2 aliphatic rings. The summed E-state index contributed by atoms with van der Waals surface area (Å²) in [6.07, 6.45) is -1.45. The Bertz CT molecular complexity index is 1000. The number of carbonyl (C=O) groups excluding carboxylic acids is 1. The Kier molecular flexibility index (Phi) is 8.58. The summed E-state index contributed by atoms with van der Waals surface area (Å²) in [6, 6.07) is 9.67. The molecule has 0 aliphatic carbocycles. The fraction of sp³-hybridized carbons (Fsp3) is 0.520. The number of nitrogens with one attached hydrogen (secondary N) is 1. The van der Waals surface area contributed by atoms with Gasteiger partial charge in [0.25, 0.3) is 0 Å². The smallest absolute Gasteiger partial charge is 0.422 e. The lowest BCUT2D eigenvalue weighted by Crippen LogP contribution is -2.48. The van der Waals surface area contributed by atoms with Crippen LogP contribution in [0.1, 0.15) is 30.9 Å². The zero-order valence-electron chi connectivity index (χ0n) is 19.8. The van der Waals surface area contributed by atoms with Crippen LogP contribution in [-0.4, -0.2) is 72.4 Å². The number of ether oxygens (including phenoxy) is 1. The number of anilines is 1. The highest BCUT2D eigenvalue weighted by molar-refractivity contribution is 6.30. The van der Waals surface area contributed by atoms with Gasteiger partial charge in [-0.15, -0.1) is 0 Å². The van der Waals surface area contributed by atoms with Crippen molar-refractivity contribution in [1.82, 2.24) is 15.2 Å². The van der Waals surface area contributed by atoms with Gasteiger partial charge in [0.15, 0.2) is 6.61 Å². The largest absolute Gasteiger partial charge is 0.468 e. The van der Waals surface area contributed by atoms with E-state index < -0.39 is 24.9 Å². The van der Waals surface area contributed by atoms with Crippen LogP contribution in [0, 0.1) is 5.92 Å². The molecule has 1 aromatic carbocycles. The van der Waals surface area contributed by atoms with E-state index in [0.717, 1.165) is 38.2 Å². The van der Waals surface area contributed by atoms with Crippen molar-refractivity contribution in [3.05, 3.63) is 53.2 Å². The molecule has 3 atom stereocenters. The number of rotatable bonds is 9. The van der Waals surface area contributed by atoms with Gasteiger partial charge in [0.1, 0.15) is 6.10 Å². The number of nitrogens with zero attached hydrogens (tertiary/aromatic N) is 3. The molecule has 7 nitrogen and oxygen atoms in total. The second kappa shape index (κ2) is 11.7. The molecule has 36 heavy (non-hydrogen) atoms. The van der Waals surface area contributed by atoms with E-state index in [-0.39, 0.29) is 17.7 Å². The molecule has 1 aromatic heterocycles. The molecule has 0 spiro atoms. The van der Waals surface area contributed by atoms with Gasteiger partial charge < -0.3 is 25.0 Å². The van der Waals surface area contributed by atoms with Gasteiger partial charge in [-0.1, -0.05) is 11.6 Å². The number of pyridine rings is 1. The first kappa shape index (κ1) is 26.5. The number of hydrogen-bond acceptors (Lipinski definition) is 6. The Morgan fingerprint density at radius 2 is 1.89 bits per heavy atom. The summed E-state index contributed by atoms with van der Waals surface area (Å²) in [4.78, 5) is 21.4. The minimum Gasteiger partial charge on any atom is -0.468 e. The summed E-state index contributed by atoms with van der Waals surface area (Å²) in [5.74, 6) is -0.547. The number of aliphatic hydroxyl groups is 1. The molecule has 0 saturated carbocycles. The van der Waals surface area contributed by atoms with Crippen LogP contribution in [0.2, 0.25) is 5.02 Å². The fourth-order valence-electron chi connectivity index (χ4n) is 4.67. The highest BCUT2D eigenvalue weighted by atomic mass is 35.5. The lowest BCUT2D eigenvalue weighted by Gasteiger charge is -2.29. The third-order valence-electron chi connectivity index (χ3n) is 6.60. The Morgan fingerprint density at radius 1 is 1.17 bits per heavy atom. The maximum atomic E-state index is 13.2.